The molecule has 1 spiro atoms. The van der Waals surface area contributed by atoms with Crippen molar-refractivity contribution in [1.29, 1.82) is 0 Å². The van der Waals surface area contributed by atoms with Gasteiger partial charge in [-0.2, -0.15) is 0 Å². The molecule has 63 heavy (non-hydrogen) atoms. The van der Waals surface area contributed by atoms with E-state index in [1.54, 1.807) is 0 Å². The van der Waals surface area contributed by atoms with Crippen molar-refractivity contribution >= 4 is 17.1 Å². The molecule has 5 heteroatoms. The van der Waals surface area contributed by atoms with Gasteiger partial charge < -0.3 is 9.64 Å². The third-order valence-electron chi connectivity index (χ3n) is 12.4. The van der Waals surface area contributed by atoms with Crippen LogP contribution in [0.3, 0.4) is 0 Å². The number of rotatable bonds is 6. The summed E-state index contributed by atoms with van der Waals surface area (Å²) < 4.78 is 6.79. The van der Waals surface area contributed by atoms with Crippen LogP contribution < -0.4 is 9.64 Å². The molecule has 0 saturated carbocycles. The van der Waals surface area contributed by atoms with Gasteiger partial charge in [-0.05, 0) is 81.9 Å². The van der Waals surface area contributed by atoms with Gasteiger partial charge in [0.1, 0.15) is 11.5 Å². The predicted octanol–water partition coefficient (Wildman–Crippen LogP) is 14.5. The molecule has 1 aromatic heterocycles. The summed E-state index contributed by atoms with van der Waals surface area (Å²) in [6.07, 6.45) is 0. The number of benzene rings is 9. The molecule has 9 aromatic carbocycles. The SMILES string of the molecule is c1ccc(-c2ccc3c(c2)C2(c4ccccc4Oc4ccccc42)c2cc(-c4ccccc4)ccc2N3c2cccc(-c3nc(-c4ccccc4)nc(-c4ccccc4)n3)c2)cc1. The summed E-state index contributed by atoms with van der Waals surface area (Å²) in [4.78, 5) is 17.7. The molecule has 296 valence electrons. The van der Waals surface area contributed by atoms with Crippen molar-refractivity contribution in [1.82, 2.24) is 15.0 Å². The topological polar surface area (TPSA) is 51.1 Å². The standard InChI is InChI=1S/C58H38N4O/c1-5-18-39(19-6-1)43-32-34-51-49(37-43)58(47-28-13-15-30-53(47)63-54-31-16-14-29-48(54)58)50-38-44(40-20-7-2-8-21-40)33-35-52(50)62(51)46-27-17-26-45(36-46)57-60-55(41-22-9-3-10-23-41)59-56(61-57)42-24-11-4-12-25-42/h1-38H. The van der Waals surface area contributed by atoms with Gasteiger partial charge in [0.25, 0.3) is 0 Å². The summed E-state index contributed by atoms with van der Waals surface area (Å²) in [5.74, 6) is 3.54. The Hall–Kier alpha value is -8.41. The molecule has 0 aliphatic carbocycles. The van der Waals surface area contributed by atoms with E-state index in [0.29, 0.717) is 17.5 Å². The van der Waals surface area contributed by atoms with Crippen molar-refractivity contribution in [3.05, 3.63) is 253 Å². The average Bonchev–Trinajstić information content (AvgIpc) is 3.37. The van der Waals surface area contributed by atoms with Gasteiger partial charge in [-0.3, -0.25) is 0 Å². The van der Waals surface area contributed by atoms with Crippen molar-refractivity contribution in [2.75, 3.05) is 4.90 Å². The fraction of sp³-hybridized carbons (Fsp3) is 0.0172. The smallest absolute Gasteiger partial charge is 0.164 e. The number of ether oxygens (including phenoxy) is 1. The van der Waals surface area contributed by atoms with E-state index >= 15 is 0 Å². The first-order valence-corrected chi connectivity index (χ1v) is 21.3. The van der Waals surface area contributed by atoms with Crippen LogP contribution in [0, 0.1) is 0 Å². The molecular weight excluding hydrogens is 769 g/mol. The molecule has 0 fully saturated rings. The van der Waals surface area contributed by atoms with Crippen LogP contribution in [-0.2, 0) is 5.41 Å². The number of fused-ring (bicyclic) bond motifs is 8. The van der Waals surface area contributed by atoms with Gasteiger partial charge in [-0.1, -0.05) is 182 Å². The van der Waals surface area contributed by atoms with E-state index in [-0.39, 0.29) is 0 Å². The van der Waals surface area contributed by atoms with E-state index in [1.807, 2.05) is 60.7 Å². The highest BCUT2D eigenvalue weighted by atomic mass is 16.5. The Morgan fingerprint density at radius 1 is 0.302 bits per heavy atom. The van der Waals surface area contributed by atoms with E-state index in [4.69, 9.17) is 19.7 Å². The molecule has 0 radical (unpaired) electrons. The fourth-order valence-electron chi connectivity index (χ4n) is 9.53. The first kappa shape index (κ1) is 36.4. The van der Waals surface area contributed by atoms with Crippen molar-refractivity contribution in [2.24, 2.45) is 0 Å². The number of anilines is 3. The molecule has 0 amide bonds. The normalized spacial score (nSPS) is 13.0. The van der Waals surface area contributed by atoms with Crippen LogP contribution in [0.1, 0.15) is 22.3 Å². The predicted molar refractivity (Wildman–Crippen MR) is 254 cm³/mol. The van der Waals surface area contributed by atoms with E-state index in [1.165, 1.54) is 0 Å². The molecule has 12 rings (SSSR count). The third-order valence-corrected chi connectivity index (χ3v) is 12.4. The summed E-state index contributed by atoms with van der Waals surface area (Å²) >= 11 is 0. The summed E-state index contributed by atoms with van der Waals surface area (Å²) in [5.41, 5.74) is 14.2. The Kier molecular flexibility index (Phi) is 8.64. The van der Waals surface area contributed by atoms with Crippen molar-refractivity contribution in [3.63, 3.8) is 0 Å². The van der Waals surface area contributed by atoms with E-state index in [2.05, 4.69) is 175 Å². The molecule has 3 heterocycles. The lowest BCUT2D eigenvalue weighted by atomic mass is 9.60. The van der Waals surface area contributed by atoms with Gasteiger partial charge >= 0.3 is 0 Å². The molecule has 0 N–H and O–H groups in total. The molecule has 5 nitrogen and oxygen atoms in total. The minimum absolute atomic E-state index is 0.601. The maximum atomic E-state index is 6.79. The van der Waals surface area contributed by atoms with Crippen molar-refractivity contribution < 1.29 is 4.74 Å². The molecule has 10 aromatic rings. The van der Waals surface area contributed by atoms with E-state index in [9.17, 15) is 0 Å². The van der Waals surface area contributed by atoms with Crippen LogP contribution in [0.2, 0.25) is 0 Å². The van der Waals surface area contributed by atoms with Gasteiger partial charge in [-0.15, -0.1) is 0 Å². The van der Waals surface area contributed by atoms with Gasteiger partial charge in [0.2, 0.25) is 0 Å². The third kappa shape index (κ3) is 6.05. The Morgan fingerprint density at radius 3 is 1.17 bits per heavy atom. The van der Waals surface area contributed by atoms with Gasteiger partial charge in [0.05, 0.1) is 16.8 Å². The molecule has 0 atom stereocenters. The first-order valence-electron chi connectivity index (χ1n) is 21.3. The lowest BCUT2D eigenvalue weighted by Crippen LogP contribution is -2.39. The zero-order chi connectivity index (χ0) is 41.7. The second-order valence-electron chi connectivity index (χ2n) is 16.0. The second-order valence-corrected chi connectivity index (χ2v) is 16.0. The summed E-state index contributed by atoms with van der Waals surface area (Å²) in [5, 5.41) is 0. The van der Waals surface area contributed by atoms with Crippen LogP contribution in [0.25, 0.3) is 56.4 Å². The molecule has 0 bridgehead atoms. The second kappa shape index (κ2) is 14.9. The van der Waals surface area contributed by atoms with Crippen LogP contribution in [0.4, 0.5) is 17.1 Å². The molecule has 2 aliphatic heterocycles. The molecule has 0 unspecified atom stereocenters. The van der Waals surface area contributed by atoms with E-state index in [0.717, 1.165) is 89.8 Å². The number of aromatic nitrogens is 3. The summed E-state index contributed by atoms with van der Waals surface area (Å²) in [7, 11) is 0. The Labute approximate surface area is 366 Å². The van der Waals surface area contributed by atoms with Crippen LogP contribution >= 0.6 is 0 Å². The maximum absolute atomic E-state index is 6.79. The zero-order valence-corrected chi connectivity index (χ0v) is 34.1. The monoisotopic (exact) mass is 806 g/mol. The lowest BCUT2D eigenvalue weighted by Gasteiger charge is -2.49. The van der Waals surface area contributed by atoms with Crippen LogP contribution in [0.5, 0.6) is 11.5 Å². The Balaban J connectivity index is 1.14. The molecule has 2 aliphatic rings. The minimum Gasteiger partial charge on any atom is -0.457 e. The summed E-state index contributed by atoms with van der Waals surface area (Å²) in [6, 6.07) is 81.2. The lowest BCUT2D eigenvalue weighted by molar-refractivity contribution is 0.434. The van der Waals surface area contributed by atoms with Gasteiger partial charge in [0.15, 0.2) is 17.5 Å². The maximum Gasteiger partial charge on any atom is 0.164 e. The molecular formula is C58H38N4O. The molecule has 0 saturated heterocycles. The zero-order valence-electron chi connectivity index (χ0n) is 34.1. The first-order chi connectivity index (χ1) is 31.2. The fourth-order valence-corrected chi connectivity index (χ4v) is 9.53. The summed E-state index contributed by atoms with van der Waals surface area (Å²) in [6.45, 7) is 0. The van der Waals surface area contributed by atoms with Crippen molar-refractivity contribution in [3.8, 4) is 67.9 Å². The quantitative estimate of drug-likeness (QED) is 0.167. The van der Waals surface area contributed by atoms with Gasteiger partial charge in [-0.25, -0.2) is 15.0 Å². The van der Waals surface area contributed by atoms with E-state index < -0.39 is 5.41 Å². The van der Waals surface area contributed by atoms with Crippen LogP contribution in [0.15, 0.2) is 231 Å². The number of para-hydroxylation sites is 2. The number of hydrogen-bond acceptors (Lipinski definition) is 5. The average molecular weight is 807 g/mol. The van der Waals surface area contributed by atoms with Crippen LogP contribution in [-0.4, -0.2) is 15.0 Å². The highest BCUT2D eigenvalue weighted by molar-refractivity contribution is 5.94. The highest BCUT2D eigenvalue weighted by Gasteiger charge is 2.51. The Morgan fingerprint density at radius 2 is 0.698 bits per heavy atom. The number of hydrogen-bond donors (Lipinski definition) is 0. The number of nitrogens with zero attached hydrogens (tertiary/aromatic N) is 4. The Bertz CT molecular complexity index is 3120. The largest absolute Gasteiger partial charge is 0.457 e. The van der Waals surface area contributed by atoms with Crippen molar-refractivity contribution in [2.45, 2.75) is 5.41 Å². The minimum atomic E-state index is -0.747. The van der Waals surface area contributed by atoms with Gasteiger partial charge in [0, 0.05) is 33.5 Å². The highest BCUT2D eigenvalue weighted by Crippen LogP contribution is 2.63.